The summed E-state index contributed by atoms with van der Waals surface area (Å²) in [6, 6.07) is 16.4. The summed E-state index contributed by atoms with van der Waals surface area (Å²) in [5.74, 6) is 0.892. The van der Waals surface area contributed by atoms with E-state index < -0.39 is 0 Å². The second kappa shape index (κ2) is 9.26. The summed E-state index contributed by atoms with van der Waals surface area (Å²) in [4.78, 5) is 20.4. The molecule has 2 heterocycles. The van der Waals surface area contributed by atoms with Crippen LogP contribution in [0.4, 0.5) is 5.69 Å². The van der Waals surface area contributed by atoms with E-state index in [1.54, 1.807) is 13.2 Å². The minimum Gasteiger partial charge on any atom is -0.356 e. The maximum Gasteiger partial charge on any atom is 0.225 e. The quantitative estimate of drug-likeness (QED) is 0.437. The third-order valence-electron chi connectivity index (χ3n) is 5.22. The lowest BCUT2D eigenvalue weighted by Crippen LogP contribution is -2.40. The molecule has 154 valence electrons. The number of hydrogen-bond acceptors (Lipinski definition) is 3. The second-order valence-corrected chi connectivity index (χ2v) is 7.40. The molecule has 7 heteroatoms. The molecule has 30 heavy (non-hydrogen) atoms. The first-order valence-corrected chi connectivity index (χ1v) is 10.1. The van der Waals surface area contributed by atoms with Crippen LogP contribution in [0, 0.1) is 0 Å². The maximum absolute atomic E-state index is 12.0. The average molecular weight is 403 g/mol. The Balaban J connectivity index is 1.33. The highest BCUT2D eigenvalue weighted by molar-refractivity contribution is 5.94. The Kier molecular flexibility index (Phi) is 6.08. The van der Waals surface area contributed by atoms with Gasteiger partial charge < -0.3 is 20.5 Å². The number of nitrogens with one attached hydrogen (secondary N) is 3. The molecule has 1 unspecified atom stereocenters. The van der Waals surface area contributed by atoms with Crippen LogP contribution in [0.3, 0.4) is 0 Å². The zero-order chi connectivity index (χ0) is 20.8. The minimum absolute atomic E-state index is 0.0538. The van der Waals surface area contributed by atoms with E-state index in [1.807, 2.05) is 35.3 Å². The Labute approximate surface area is 176 Å². The van der Waals surface area contributed by atoms with Crippen molar-refractivity contribution < 1.29 is 4.79 Å². The standard InChI is InChI=1S/C23H26N6O/c1-24-23(27-14-19-12-22(30)28-21-8-3-2-7-20(19)21)26-13-17-5-4-6-18(11-17)15-29-10-9-25-16-29/h2-11,16,19H,12-15H2,1H3,(H,28,30)(H2,24,26,27). The lowest BCUT2D eigenvalue weighted by molar-refractivity contribution is -0.116. The van der Waals surface area contributed by atoms with Crippen LogP contribution in [0.1, 0.15) is 29.0 Å². The summed E-state index contributed by atoms with van der Waals surface area (Å²) in [5, 5.41) is 9.67. The van der Waals surface area contributed by atoms with Crippen LogP contribution in [0.15, 0.2) is 72.2 Å². The number of guanidine groups is 1. The van der Waals surface area contributed by atoms with E-state index in [-0.39, 0.29) is 11.8 Å². The number of carbonyl (C=O) groups excluding carboxylic acids is 1. The molecule has 0 aliphatic carbocycles. The molecular weight excluding hydrogens is 376 g/mol. The summed E-state index contributed by atoms with van der Waals surface area (Å²) >= 11 is 0. The first kappa shape index (κ1) is 19.7. The molecule has 1 aliphatic heterocycles. The molecule has 0 fully saturated rings. The number of amides is 1. The smallest absolute Gasteiger partial charge is 0.225 e. The van der Waals surface area contributed by atoms with Crippen LogP contribution in [-0.4, -0.2) is 35.0 Å². The van der Waals surface area contributed by atoms with Crippen molar-refractivity contribution in [2.75, 3.05) is 18.9 Å². The number of anilines is 1. The number of rotatable bonds is 6. The van der Waals surface area contributed by atoms with Crippen molar-refractivity contribution in [2.45, 2.75) is 25.4 Å². The van der Waals surface area contributed by atoms with Crippen molar-refractivity contribution in [1.82, 2.24) is 20.2 Å². The van der Waals surface area contributed by atoms with Gasteiger partial charge in [-0.3, -0.25) is 9.79 Å². The highest BCUT2D eigenvalue weighted by Gasteiger charge is 2.24. The number of fused-ring (bicyclic) bond motifs is 1. The molecule has 0 saturated carbocycles. The number of carbonyl (C=O) groups is 1. The van der Waals surface area contributed by atoms with Gasteiger partial charge in [-0.25, -0.2) is 4.98 Å². The first-order chi connectivity index (χ1) is 14.7. The molecule has 0 saturated heterocycles. The molecule has 2 aromatic carbocycles. The summed E-state index contributed by atoms with van der Waals surface area (Å²) in [6.07, 6.45) is 6.04. The molecule has 1 aliphatic rings. The third kappa shape index (κ3) is 4.86. The Morgan fingerprint density at radius 3 is 2.90 bits per heavy atom. The molecule has 0 bridgehead atoms. The molecule has 1 atom stereocenters. The van der Waals surface area contributed by atoms with Gasteiger partial charge in [-0.1, -0.05) is 42.5 Å². The van der Waals surface area contributed by atoms with Crippen LogP contribution in [0.25, 0.3) is 0 Å². The van der Waals surface area contributed by atoms with E-state index in [9.17, 15) is 4.79 Å². The van der Waals surface area contributed by atoms with Gasteiger partial charge in [0.15, 0.2) is 5.96 Å². The van der Waals surface area contributed by atoms with Crippen LogP contribution in [-0.2, 0) is 17.9 Å². The SMILES string of the molecule is CN=C(NCc1cccc(Cn2ccnc2)c1)NCC1CC(=O)Nc2ccccc21. The fourth-order valence-electron chi connectivity index (χ4n) is 3.74. The lowest BCUT2D eigenvalue weighted by Gasteiger charge is -2.26. The van der Waals surface area contributed by atoms with Gasteiger partial charge in [-0.2, -0.15) is 0 Å². The Morgan fingerprint density at radius 1 is 1.20 bits per heavy atom. The second-order valence-electron chi connectivity index (χ2n) is 7.40. The van der Waals surface area contributed by atoms with E-state index in [0.717, 1.165) is 23.8 Å². The highest BCUT2D eigenvalue weighted by Crippen LogP contribution is 2.31. The Morgan fingerprint density at radius 2 is 2.07 bits per heavy atom. The summed E-state index contributed by atoms with van der Waals surface area (Å²) in [7, 11) is 1.76. The van der Waals surface area contributed by atoms with Crippen molar-refractivity contribution in [1.29, 1.82) is 0 Å². The first-order valence-electron chi connectivity index (χ1n) is 10.1. The molecule has 4 rings (SSSR count). The molecule has 7 nitrogen and oxygen atoms in total. The van der Waals surface area contributed by atoms with Gasteiger partial charge in [0.1, 0.15) is 0 Å². The van der Waals surface area contributed by atoms with Gasteiger partial charge in [0, 0.05) is 57.1 Å². The molecule has 0 spiro atoms. The number of imidazole rings is 1. The van der Waals surface area contributed by atoms with E-state index in [4.69, 9.17) is 0 Å². The van der Waals surface area contributed by atoms with Gasteiger partial charge in [0.25, 0.3) is 0 Å². The molecule has 1 aromatic heterocycles. The van der Waals surface area contributed by atoms with Crippen molar-refractivity contribution in [3.8, 4) is 0 Å². The normalized spacial score (nSPS) is 16.0. The summed E-state index contributed by atoms with van der Waals surface area (Å²) in [6.45, 7) is 2.11. The fourth-order valence-corrected chi connectivity index (χ4v) is 3.74. The predicted octanol–water partition coefficient (Wildman–Crippen LogP) is 2.72. The van der Waals surface area contributed by atoms with E-state index >= 15 is 0 Å². The van der Waals surface area contributed by atoms with Crippen LogP contribution in [0.5, 0.6) is 0 Å². The molecule has 0 radical (unpaired) electrons. The predicted molar refractivity (Wildman–Crippen MR) is 118 cm³/mol. The van der Waals surface area contributed by atoms with Gasteiger partial charge in [0.05, 0.1) is 6.33 Å². The number of nitrogens with zero attached hydrogens (tertiary/aromatic N) is 3. The topological polar surface area (TPSA) is 83.3 Å². The number of hydrogen-bond donors (Lipinski definition) is 3. The van der Waals surface area contributed by atoms with Gasteiger partial charge >= 0.3 is 0 Å². The minimum atomic E-state index is 0.0538. The fraction of sp³-hybridized carbons (Fsp3) is 0.261. The van der Waals surface area contributed by atoms with Gasteiger partial charge in [-0.15, -0.1) is 0 Å². The van der Waals surface area contributed by atoms with Gasteiger partial charge in [-0.05, 0) is 22.8 Å². The molecular formula is C23H26N6O. The Bertz CT molecular complexity index is 1030. The van der Waals surface area contributed by atoms with Crippen molar-refractivity contribution in [2.24, 2.45) is 4.99 Å². The van der Waals surface area contributed by atoms with E-state index in [0.29, 0.717) is 19.5 Å². The zero-order valence-electron chi connectivity index (χ0n) is 17.0. The van der Waals surface area contributed by atoms with E-state index in [2.05, 4.69) is 56.3 Å². The van der Waals surface area contributed by atoms with Crippen LogP contribution < -0.4 is 16.0 Å². The molecule has 3 N–H and O–H groups in total. The van der Waals surface area contributed by atoms with Crippen molar-refractivity contribution in [3.63, 3.8) is 0 Å². The Hall–Kier alpha value is -3.61. The average Bonchev–Trinajstić information content (AvgIpc) is 3.27. The number of aromatic nitrogens is 2. The van der Waals surface area contributed by atoms with Gasteiger partial charge in [0.2, 0.25) is 5.91 Å². The monoisotopic (exact) mass is 402 g/mol. The van der Waals surface area contributed by atoms with Crippen molar-refractivity contribution >= 4 is 17.6 Å². The number of aliphatic imine (C=N–C) groups is 1. The van der Waals surface area contributed by atoms with Crippen molar-refractivity contribution in [3.05, 3.63) is 83.9 Å². The van der Waals surface area contributed by atoms with Crippen LogP contribution >= 0.6 is 0 Å². The largest absolute Gasteiger partial charge is 0.356 e. The summed E-state index contributed by atoms with van der Waals surface area (Å²) < 4.78 is 2.05. The molecule has 1 amide bonds. The maximum atomic E-state index is 12.0. The zero-order valence-corrected chi connectivity index (χ0v) is 17.0. The van der Waals surface area contributed by atoms with Crippen LogP contribution in [0.2, 0.25) is 0 Å². The van der Waals surface area contributed by atoms with E-state index in [1.165, 1.54) is 11.1 Å². The lowest BCUT2D eigenvalue weighted by atomic mass is 9.90. The number of para-hydroxylation sites is 1. The molecule has 3 aromatic rings. The highest BCUT2D eigenvalue weighted by atomic mass is 16.1. The number of benzene rings is 2. The summed E-state index contributed by atoms with van der Waals surface area (Å²) in [5.41, 5.74) is 4.46. The third-order valence-corrected chi connectivity index (χ3v) is 5.22.